The second-order valence-corrected chi connectivity index (χ2v) is 9.20. The fraction of sp³-hybridized carbons (Fsp3) is 0.500. The number of amides is 1. The summed E-state index contributed by atoms with van der Waals surface area (Å²) in [5, 5.41) is 10.7. The molecule has 0 saturated heterocycles. The summed E-state index contributed by atoms with van der Waals surface area (Å²) in [5.41, 5.74) is 0.831. The molecule has 148 valence electrons. The van der Waals surface area contributed by atoms with E-state index < -0.39 is 22.0 Å². The maximum Gasteiger partial charge on any atom is 0.251 e. The van der Waals surface area contributed by atoms with Gasteiger partial charge in [0.15, 0.2) is 0 Å². The first kappa shape index (κ1) is 21.0. The molecule has 0 aliphatic heterocycles. The lowest BCUT2D eigenvalue weighted by Gasteiger charge is -2.18. The first-order valence-electron chi connectivity index (χ1n) is 8.66. The van der Waals surface area contributed by atoms with Crippen molar-refractivity contribution in [1.82, 2.24) is 19.8 Å². The van der Waals surface area contributed by atoms with Crippen molar-refractivity contribution in [3.8, 4) is 0 Å². The maximum atomic E-state index is 12.8. The molecule has 0 saturated carbocycles. The number of carbonyl (C=O) groups excluding carboxylic acids is 1. The van der Waals surface area contributed by atoms with Crippen molar-refractivity contribution in [2.45, 2.75) is 45.1 Å². The van der Waals surface area contributed by atoms with Crippen molar-refractivity contribution in [1.29, 1.82) is 0 Å². The molecule has 1 unspecified atom stereocenters. The standard InChI is InChI=1S/C18H26N4O4S/c1-11(2)9-15(18-21-20-13(4)26-18)19-17(23)14-8-7-12(3)16(10-14)27(24,25)22(5)6/h7-8,10-11,15H,9H2,1-6H3,(H,19,23). The Morgan fingerprint density at radius 1 is 1.22 bits per heavy atom. The number of rotatable bonds is 7. The monoisotopic (exact) mass is 394 g/mol. The molecule has 1 amide bonds. The van der Waals surface area contributed by atoms with Crippen LogP contribution in [0.3, 0.4) is 0 Å². The third-order valence-corrected chi connectivity index (χ3v) is 6.02. The van der Waals surface area contributed by atoms with Crippen LogP contribution in [0, 0.1) is 19.8 Å². The molecule has 2 aromatic rings. The summed E-state index contributed by atoms with van der Waals surface area (Å²) in [6.45, 7) is 7.43. The maximum absolute atomic E-state index is 12.8. The van der Waals surface area contributed by atoms with Gasteiger partial charge < -0.3 is 9.73 Å². The molecule has 0 spiro atoms. The molecule has 0 fully saturated rings. The predicted octanol–water partition coefficient (Wildman–Crippen LogP) is 2.45. The van der Waals surface area contributed by atoms with Crippen LogP contribution in [0.1, 0.15) is 54.0 Å². The predicted molar refractivity (Wildman–Crippen MR) is 101 cm³/mol. The van der Waals surface area contributed by atoms with E-state index in [0.29, 0.717) is 23.8 Å². The molecule has 2 rings (SSSR count). The Morgan fingerprint density at radius 2 is 1.89 bits per heavy atom. The third-order valence-electron chi connectivity index (χ3n) is 4.06. The fourth-order valence-corrected chi connectivity index (χ4v) is 3.75. The molecule has 0 radical (unpaired) electrons. The van der Waals surface area contributed by atoms with Gasteiger partial charge in [0.2, 0.25) is 21.8 Å². The van der Waals surface area contributed by atoms with Crippen LogP contribution in [-0.2, 0) is 10.0 Å². The van der Waals surface area contributed by atoms with Gasteiger partial charge in [0, 0.05) is 26.6 Å². The average molecular weight is 394 g/mol. The Morgan fingerprint density at radius 3 is 2.41 bits per heavy atom. The summed E-state index contributed by atoms with van der Waals surface area (Å²) in [7, 11) is -0.735. The molecule has 27 heavy (non-hydrogen) atoms. The van der Waals surface area contributed by atoms with E-state index >= 15 is 0 Å². The van der Waals surface area contributed by atoms with Gasteiger partial charge in [0.25, 0.3) is 5.91 Å². The minimum absolute atomic E-state index is 0.106. The lowest BCUT2D eigenvalue weighted by Crippen LogP contribution is -2.30. The number of hydrogen-bond acceptors (Lipinski definition) is 6. The highest BCUT2D eigenvalue weighted by Gasteiger charge is 2.25. The SMILES string of the molecule is Cc1nnc(C(CC(C)C)NC(=O)c2ccc(C)c(S(=O)(=O)N(C)C)c2)o1. The number of aryl methyl sites for hydroxylation is 2. The van der Waals surface area contributed by atoms with E-state index in [4.69, 9.17) is 4.42 Å². The quantitative estimate of drug-likeness (QED) is 0.773. The molecule has 1 aromatic carbocycles. The van der Waals surface area contributed by atoms with Crippen molar-refractivity contribution in [2.75, 3.05) is 14.1 Å². The van der Waals surface area contributed by atoms with Crippen molar-refractivity contribution in [3.05, 3.63) is 41.1 Å². The van der Waals surface area contributed by atoms with Crippen molar-refractivity contribution in [3.63, 3.8) is 0 Å². The van der Waals surface area contributed by atoms with E-state index in [2.05, 4.69) is 15.5 Å². The van der Waals surface area contributed by atoms with Crippen LogP contribution in [0.2, 0.25) is 0 Å². The number of carbonyl (C=O) groups is 1. The van der Waals surface area contributed by atoms with Gasteiger partial charge in [-0.3, -0.25) is 4.79 Å². The highest BCUT2D eigenvalue weighted by molar-refractivity contribution is 7.89. The zero-order valence-corrected chi connectivity index (χ0v) is 17.3. The Hall–Kier alpha value is -2.26. The van der Waals surface area contributed by atoms with Gasteiger partial charge in [0.1, 0.15) is 6.04 Å². The highest BCUT2D eigenvalue weighted by Crippen LogP contribution is 2.23. The summed E-state index contributed by atoms with van der Waals surface area (Å²) in [5.74, 6) is 0.641. The molecule has 0 aliphatic carbocycles. The molecule has 1 N–H and O–H groups in total. The molecular formula is C18H26N4O4S. The minimum Gasteiger partial charge on any atom is -0.423 e. The Kier molecular flexibility index (Phi) is 6.38. The topological polar surface area (TPSA) is 105 Å². The van der Waals surface area contributed by atoms with Crippen molar-refractivity contribution >= 4 is 15.9 Å². The van der Waals surface area contributed by atoms with Gasteiger partial charge in [-0.15, -0.1) is 10.2 Å². The van der Waals surface area contributed by atoms with Crippen LogP contribution in [0.25, 0.3) is 0 Å². The van der Waals surface area contributed by atoms with Crippen LogP contribution in [0.4, 0.5) is 0 Å². The van der Waals surface area contributed by atoms with Gasteiger partial charge in [-0.25, -0.2) is 12.7 Å². The van der Waals surface area contributed by atoms with Gasteiger partial charge in [-0.05, 0) is 37.0 Å². The van der Waals surface area contributed by atoms with E-state index in [1.54, 1.807) is 26.0 Å². The summed E-state index contributed by atoms with van der Waals surface area (Å²) in [6.07, 6.45) is 0.613. The molecule has 9 heteroatoms. The van der Waals surface area contributed by atoms with Gasteiger partial charge in [-0.2, -0.15) is 0 Å². The van der Waals surface area contributed by atoms with Gasteiger partial charge >= 0.3 is 0 Å². The highest BCUT2D eigenvalue weighted by atomic mass is 32.2. The molecular weight excluding hydrogens is 368 g/mol. The number of sulfonamides is 1. The molecule has 8 nitrogen and oxygen atoms in total. The summed E-state index contributed by atoms with van der Waals surface area (Å²) < 4.78 is 31.6. The van der Waals surface area contributed by atoms with Crippen molar-refractivity contribution in [2.24, 2.45) is 5.92 Å². The van der Waals surface area contributed by atoms with Gasteiger partial charge in [-0.1, -0.05) is 19.9 Å². The zero-order chi connectivity index (χ0) is 20.4. The van der Waals surface area contributed by atoms with Crippen LogP contribution in [0.5, 0.6) is 0 Å². The van der Waals surface area contributed by atoms with Crippen LogP contribution in [0.15, 0.2) is 27.5 Å². The number of benzene rings is 1. The number of hydrogen-bond donors (Lipinski definition) is 1. The van der Waals surface area contributed by atoms with E-state index in [-0.39, 0.29) is 16.4 Å². The molecule has 1 atom stereocenters. The lowest BCUT2D eigenvalue weighted by molar-refractivity contribution is 0.0924. The Labute approximate surface area is 160 Å². The first-order chi connectivity index (χ1) is 12.5. The largest absolute Gasteiger partial charge is 0.423 e. The smallest absolute Gasteiger partial charge is 0.251 e. The minimum atomic E-state index is -3.65. The first-order valence-corrected chi connectivity index (χ1v) is 10.1. The third kappa shape index (κ3) is 4.92. The normalized spacial score (nSPS) is 13.2. The number of nitrogens with zero attached hydrogens (tertiary/aromatic N) is 3. The second-order valence-electron chi connectivity index (χ2n) is 7.08. The molecule has 1 heterocycles. The molecule has 0 bridgehead atoms. The Balaban J connectivity index is 2.33. The van der Waals surface area contributed by atoms with Crippen LogP contribution in [-0.4, -0.2) is 42.9 Å². The summed E-state index contributed by atoms with van der Waals surface area (Å²) in [4.78, 5) is 12.9. The summed E-state index contributed by atoms with van der Waals surface area (Å²) >= 11 is 0. The molecule has 1 aromatic heterocycles. The summed E-state index contributed by atoms with van der Waals surface area (Å²) in [6, 6.07) is 4.17. The fourth-order valence-electron chi connectivity index (χ4n) is 2.60. The van der Waals surface area contributed by atoms with Crippen LogP contribution >= 0.6 is 0 Å². The lowest BCUT2D eigenvalue weighted by atomic mass is 10.0. The van der Waals surface area contributed by atoms with E-state index in [0.717, 1.165) is 4.31 Å². The van der Waals surface area contributed by atoms with E-state index in [9.17, 15) is 13.2 Å². The van der Waals surface area contributed by atoms with E-state index in [1.807, 2.05) is 13.8 Å². The van der Waals surface area contributed by atoms with Crippen molar-refractivity contribution < 1.29 is 17.6 Å². The van der Waals surface area contributed by atoms with E-state index in [1.165, 1.54) is 20.2 Å². The second kappa shape index (κ2) is 8.18. The number of aromatic nitrogens is 2. The molecule has 0 aliphatic rings. The Bertz CT molecular complexity index is 919. The average Bonchev–Trinajstić information content (AvgIpc) is 3.00. The van der Waals surface area contributed by atoms with Crippen LogP contribution < -0.4 is 5.32 Å². The zero-order valence-electron chi connectivity index (χ0n) is 16.5. The van der Waals surface area contributed by atoms with Gasteiger partial charge in [0.05, 0.1) is 4.90 Å². The number of nitrogens with one attached hydrogen (secondary N) is 1.